The molecule has 2 aromatic heterocycles. The van der Waals surface area contributed by atoms with Crippen molar-refractivity contribution in [1.29, 1.82) is 0 Å². The Labute approximate surface area is 204 Å². The molecule has 1 aliphatic heterocycles. The summed E-state index contributed by atoms with van der Waals surface area (Å²) in [5.41, 5.74) is 2.13. The molecule has 0 spiro atoms. The van der Waals surface area contributed by atoms with E-state index < -0.39 is 24.0 Å². The van der Waals surface area contributed by atoms with Crippen LogP contribution in [0.4, 0.5) is 11.6 Å². The third-order valence-corrected chi connectivity index (χ3v) is 7.22. The number of H-pyrrole nitrogens is 2. The molecule has 3 heterocycles. The summed E-state index contributed by atoms with van der Waals surface area (Å²) in [6.45, 7) is 7.44. The Balaban J connectivity index is 1.55. The van der Waals surface area contributed by atoms with Crippen LogP contribution < -0.4 is 25.6 Å². The average molecular weight is 477 g/mol. The number of unbranched alkanes of at least 4 members (excludes halogenated alkanes) is 2. The van der Waals surface area contributed by atoms with Crippen LogP contribution in [0.15, 0.2) is 41.0 Å². The number of hydrogen-bond donors (Lipinski definition) is 2. The number of hydrogen-bond acceptors (Lipinski definition) is 7. The molecule has 3 aromatic rings. The molecule has 1 aromatic carbocycles. The number of para-hydroxylation sites is 2. The van der Waals surface area contributed by atoms with E-state index in [1.54, 1.807) is 6.92 Å². The molecule has 9 nitrogen and oxygen atoms in total. The molecular weight excluding hydrogens is 444 g/mol. The number of aromatic amines is 2. The monoisotopic (exact) mass is 476 g/mol. The maximum atomic E-state index is 13.3. The second-order valence-corrected chi connectivity index (χ2v) is 9.54. The third-order valence-electron chi connectivity index (χ3n) is 7.22. The molecule has 2 atom stereocenters. The largest absolute Gasteiger partial charge is 0.851 e. The molecule has 1 saturated carbocycles. The molecule has 2 aliphatic rings. The van der Waals surface area contributed by atoms with Crippen molar-refractivity contribution in [2.24, 2.45) is 5.92 Å². The fraction of sp³-hybridized carbons (Fsp3) is 0.500. The standard InChI is InChI=1S/C26H32N6O3/c1-4-6-12-31-19(14-16-22(33)21(23(16)34)20-15(3)29-30-26(20)35)32(13-7-5-2)25-24(31)27-17-10-8-9-11-18(17)28-25/h8-11,14,16,21-23H,4-7,12-13H2,1-3H3,(H2,29,30,35)/q-2. The van der Waals surface area contributed by atoms with Crippen molar-refractivity contribution in [3.05, 3.63) is 57.8 Å². The lowest BCUT2D eigenvalue weighted by molar-refractivity contribution is -0.543. The van der Waals surface area contributed by atoms with E-state index in [2.05, 4.69) is 33.8 Å². The van der Waals surface area contributed by atoms with Gasteiger partial charge in [-0.2, -0.15) is 0 Å². The van der Waals surface area contributed by atoms with Crippen LogP contribution in [0.5, 0.6) is 0 Å². The minimum Gasteiger partial charge on any atom is -0.851 e. The summed E-state index contributed by atoms with van der Waals surface area (Å²) in [5.74, 6) is 0.807. The van der Waals surface area contributed by atoms with Crippen molar-refractivity contribution < 1.29 is 10.2 Å². The van der Waals surface area contributed by atoms with Gasteiger partial charge in [-0.15, -0.1) is 12.2 Å². The van der Waals surface area contributed by atoms with Gasteiger partial charge in [-0.05, 0) is 49.8 Å². The zero-order chi connectivity index (χ0) is 24.7. The lowest BCUT2D eigenvalue weighted by Gasteiger charge is -2.60. The highest BCUT2D eigenvalue weighted by atomic mass is 16.3. The van der Waals surface area contributed by atoms with Crippen LogP contribution in [0.25, 0.3) is 11.0 Å². The molecule has 2 N–H and O–H groups in total. The highest BCUT2D eigenvalue weighted by molar-refractivity contribution is 5.85. The van der Waals surface area contributed by atoms with Crippen LogP contribution in [-0.4, -0.2) is 45.5 Å². The Morgan fingerprint density at radius 2 is 1.49 bits per heavy atom. The van der Waals surface area contributed by atoms with Crippen molar-refractivity contribution in [1.82, 2.24) is 20.2 Å². The molecule has 9 heteroatoms. The van der Waals surface area contributed by atoms with Gasteiger partial charge in [0.05, 0.1) is 11.0 Å². The zero-order valence-corrected chi connectivity index (χ0v) is 20.5. The second kappa shape index (κ2) is 9.47. The van der Waals surface area contributed by atoms with Crippen molar-refractivity contribution in [3.8, 4) is 0 Å². The summed E-state index contributed by atoms with van der Waals surface area (Å²) in [5, 5.41) is 31.8. The molecule has 0 radical (unpaired) electrons. The number of aromatic nitrogens is 4. The minimum atomic E-state index is -1.18. The molecule has 2 unspecified atom stereocenters. The Hall–Kier alpha value is -3.17. The SMILES string of the molecule is CCCCN1C(=CC2C([O-])C(c3c(C)[nH][nH]c3=O)C2[O-])N(CCCC)c2nc3ccccc3nc21. The number of fused-ring (bicyclic) bond motifs is 2. The average Bonchev–Trinajstić information content (AvgIpc) is 3.33. The first-order chi connectivity index (χ1) is 17.0. The van der Waals surface area contributed by atoms with Gasteiger partial charge in [0.15, 0.2) is 11.6 Å². The van der Waals surface area contributed by atoms with Crippen LogP contribution in [0.3, 0.4) is 0 Å². The first-order valence-corrected chi connectivity index (χ1v) is 12.6. The van der Waals surface area contributed by atoms with Gasteiger partial charge in [-0.1, -0.05) is 38.8 Å². The van der Waals surface area contributed by atoms with Crippen LogP contribution in [0.1, 0.15) is 56.7 Å². The predicted molar refractivity (Wildman–Crippen MR) is 132 cm³/mol. The quantitative estimate of drug-likeness (QED) is 0.508. The van der Waals surface area contributed by atoms with Gasteiger partial charge >= 0.3 is 0 Å². The molecule has 0 saturated heterocycles. The van der Waals surface area contributed by atoms with E-state index in [-0.39, 0.29) is 5.56 Å². The number of benzene rings is 1. The third kappa shape index (κ3) is 3.92. The Kier molecular flexibility index (Phi) is 6.37. The summed E-state index contributed by atoms with van der Waals surface area (Å²) in [6.07, 6.45) is 3.38. The van der Waals surface area contributed by atoms with E-state index >= 15 is 0 Å². The fourth-order valence-corrected chi connectivity index (χ4v) is 5.21. The van der Waals surface area contributed by atoms with Crippen molar-refractivity contribution in [3.63, 3.8) is 0 Å². The van der Waals surface area contributed by atoms with Gasteiger partial charge < -0.3 is 25.1 Å². The minimum absolute atomic E-state index is 0.301. The van der Waals surface area contributed by atoms with E-state index in [1.807, 2.05) is 30.3 Å². The van der Waals surface area contributed by atoms with Crippen LogP contribution in [0, 0.1) is 12.8 Å². The maximum Gasteiger partial charge on any atom is 0.267 e. The summed E-state index contributed by atoms with van der Waals surface area (Å²) < 4.78 is 0. The van der Waals surface area contributed by atoms with Crippen LogP contribution in [-0.2, 0) is 0 Å². The number of nitrogens with zero attached hydrogens (tertiary/aromatic N) is 4. The number of rotatable bonds is 8. The van der Waals surface area contributed by atoms with E-state index in [1.165, 1.54) is 0 Å². The van der Waals surface area contributed by atoms with E-state index in [0.29, 0.717) is 11.3 Å². The predicted octanol–water partition coefficient (Wildman–Crippen LogP) is 1.89. The normalized spacial score (nSPS) is 23.6. The molecule has 186 valence electrons. The van der Waals surface area contributed by atoms with Gasteiger partial charge in [0, 0.05) is 24.3 Å². The number of nitrogens with one attached hydrogen (secondary N) is 2. The highest BCUT2D eigenvalue weighted by Crippen LogP contribution is 2.45. The van der Waals surface area contributed by atoms with Gasteiger partial charge in [0.25, 0.3) is 5.56 Å². The van der Waals surface area contributed by atoms with Gasteiger partial charge in [-0.3, -0.25) is 9.89 Å². The van der Waals surface area contributed by atoms with Gasteiger partial charge in [0.2, 0.25) is 0 Å². The zero-order valence-electron chi connectivity index (χ0n) is 20.5. The highest BCUT2D eigenvalue weighted by Gasteiger charge is 2.41. The van der Waals surface area contributed by atoms with Crippen LogP contribution >= 0.6 is 0 Å². The summed E-state index contributed by atoms with van der Waals surface area (Å²) >= 11 is 0. The second-order valence-electron chi connectivity index (χ2n) is 9.54. The molecule has 5 rings (SSSR count). The summed E-state index contributed by atoms with van der Waals surface area (Å²) in [7, 11) is 0. The molecule has 0 bridgehead atoms. The Morgan fingerprint density at radius 1 is 0.943 bits per heavy atom. The first kappa shape index (κ1) is 23.6. The fourth-order valence-electron chi connectivity index (χ4n) is 5.21. The van der Waals surface area contributed by atoms with Crippen molar-refractivity contribution in [2.75, 3.05) is 22.9 Å². The number of aryl methyl sites for hydroxylation is 1. The van der Waals surface area contributed by atoms with Gasteiger partial charge in [-0.25, -0.2) is 9.97 Å². The number of anilines is 2. The maximum absolute atomic E-state index is 13.3. The van der Waals surface area contributed by atoms with E-state index in [4.69, 9.17) is 9.97 Å². The summed E-state index contributed by atoms with van der Waals surface area (Å²) in [6, 6.07) is 7.80. The lowest BCUT2D eigenvalue weighted by Crippen LogP contribution is -2.65. The first-order valence-electron chi connectivity index (χ1n) is 12.6. The van der Waals surface area contributed by atoms with Crippen molar-refractivity contribution >= 4 is 22.7 Å². The lowest BCUT2D eigenvalue weighted by atomic mass is 9.65. The topological polar surface area (TPSA) is 127 Å². The van der Waals surface area contributed by atoms with E-state index in [9.17, 15) is 15.0 Å². The summed E-state index contributed by atoms with van der Waals surface area (Å²) in [4.78, 5) is 26.3. The molecule has 1 fully saturated rings. The van der Waals surface area contributed by atoms with Gasteiger partial charge in [0.1, 0.15) is 5.82 Å². The molecule has 35 heavy (non-hydrogen) atoms. The molecule has 0 amide bonds. The molecular formula is C26H32N6O3-2. The van der Waals surface area contributed by atoms with Crippen LogP contribution in [0.2, 0.25) is 0 Å². The van der Waals surface area contributed by atoms with E-state index in [0.717, 1.165) is 67.3 Å². The Bertz CT molecular complexity index is 1230. The Morgan fingerprint density at radius 3 is 1.94 bits per heavy atom. The van der Waals surface area contributed by atoms with Crippen molar-refractivity contribution in [2.45, 2.75) is 64.6 Å². The smallest absolute Gasteiger partial charge is 0.267 e. The molecule has 1 aliphatic carbocycles.